The molecule has 1 aromatic heterocycles. The number of benzene rings is 1. The molecule has 0 radical (unpaired) electrons. The highest BCUT2D eigenvalue weighted by Gasteiger charge is 2.13. The molecule has 1 unspecified atom stereocenters. The maximum Gasteiger partial charge on any atom is 0.121 e. The van der Waals surface area contributed by atoms with Gasteiger partial charge in [-0.15, -0.1) is 0 Å². The molecule has 80 valence electrons. The van der Waals surface area contributed by atoms with E-state index in [2.05, 4.69) is 5.10 Å². The molecule has 0 aliphatic carbocycles. The molecular formula is C12H11N3O. The number of rotatable bonds is 2. The van der Waals surface area contributed by atoms with E-state index in [1.807, 2.05) is 6.07 Å². The van der Waals surface area contributed by atoms with E-state index in [4.69, 9.17) is 5.26 Å². The van der Waals surface area contributed by atoms with Gasteiger partial charge in [0.05, 0.1) is 17.3 Å². The van der Waals surface area contributed by atoms with Crippen molar-refractivity contribution < 1.29 is 5.11 Å². The van der Waals surface area contributed by atoms with Crippen LogP contribution in [0.25, 0.3) is 0 Å². The second kappa shape index (κ2) is 4.17. The monoisotopic (exact) mass is 213 g/mol. The summed E-state index contributed by atoms with van der Waals surface area (Å²) in [6.07, 6.45) is 0.933. The van der Waals surface area contributed by atoms with E-state index in [-0.39, 0.29) is 0 Å². The van der Waals surface area contributed by atoms with Crippen LogP contribution in [0.1, 0.15) is 22.9 Å². The molecule has 16 heavy (non-hydrogen) atoms. The Morgan fingerprint density at radius 1 is 1.31 bits per heavy atom. The van der Waals surface area contributed by atoms with Gasteiger partial charge in [-0.25, -0.2) is 0 Å². The summed E-state index contributed by atoms with van der Waals surface area (Å²) in [5.74, 6) is 0. The minimum absolute atomic E-state index is 0.584. The van der Waals surface area contributed by atoms with Gasteiger partial charge in [0.1, 0.15) is 6.10 Å². The number of aliphatic hydroxyl groups is 1. The molecule has 4 nitrogen and oxygen atoms in total. The normalized spacial score (nSPS) is 12.1. The third-order valence-corrected chi connectivity index (χ3v) is 2.49. The van der Waals surface area contributed by atoms with Gasteiger partial charge >= 0.3 is 0 Å². The third kappa shape index (κ3) is 1.81. The summed E-state index contributed by atoms with van der Waals surface area (Å²) in [6, 6.07) is 10.7. The van der Waals surface area contributed by atoms with E-state index in [0.29, 0.717) is 5.56 Å². The van der Waals surface area contributed by atoms with Gasteiger partial charge in [0.25, 0.3) is 0 Å². The molecule has 0 saturated carbocycles. The number of aromatic nitrogens is 2. The fraction of sp³-hybridized carbons (Fsp3) is 0.167. The van der Waals surface area contributed by atoms with Crippen molar-refractivity contribution in [2.24, 2.45) is 7.05 Å². The molecule has 2 rings (SSSR count). The van der Waals surface area contributed by atoms with Gasteiger partial charge in [-0.2, -0.15) is 10.4 Å². The van der Waals surface area contributed by atoms with Crippen LogP contribution in [0.3, 0.4) is 0 Å². The highest BCUT2D eigenvalue weighted by molar-refractivity contribution is 5.34. The summed E-state index contributed by atoms with van der Waals surface area (Å²) in [6.45, 7) is 0. The summed E-state index contributed by atoms with van der Waals surface area (Å²) in [7, 11) is 1.78. The van der Waals surface area contributed by atoms with Crippen LogP contribution in [-0.4, -0.2) is 14.9 Å². The summed E-state index contributed by atoms with van der Waals surface area (Å²) < 4.78 is 1.63. The van der Waals surface area contributed by atoms with Crippen molar-refractivity contribution in [1.29, 1.82) is 5.26 Å². The van der Waals surface area contributed by atoms with Crippen LogP contribution >= 0.6 is 0 Å². The average Bonchev–Trinajstić information content (AvgIpc) is 2.75. The smallest absolute Gasteiger partial charge is 0.121 e. The topological polar surface area (TPSA) is 61.8 Å². The molecular weight excluding hydrogens is 202 g/mol. The maximum absolute atomic E-state index is 10.1. The lowest BCUT2D eigenvalue weighted by Crippen LogP contribution is -2.06. The number of aryl methyl sites for hydroxylation is 1. The van der Waals surface area contributed by atoms with Crippen LogP contribution in [0.15, 0.2) is 36.5 Å². The molecule has 0 amide bonds. The standard InChI is InChI=1S/C12H11N3O/c1-15-11(6-7-14-15)12(16)10-4-2-9(8-13)3-5-10/h2-7,12,16H,1H3. The molecule has 0 aliphatic rings. The lowest BCUT2D eigenvalue weighted by Gasteiger charge is -2.11. The van der Waals surface area contributed by atoms with E-state index in [1.165, 1.54) is 0 Å². The highest BCUT2D eigenvalue weighted by Crippen LogP contribution is 2.21. The van der Waals surface area contributed by atoms with Gasteiger partial charge in [0, 0.05) is 13.2 Å². The predicted molar refractivity (Wildman–Crippen MR) is 58.4 cm³/mol. The SMILES string of the molecule is Cn1nccc1C(O)c1ccc(C#N)cc1. The van der Waals surface area contributed by atoms with Gasteiger partial charge in [-0.05, 0) is 23.8 Å². The number of hydrogen-bond donors (Lipinski definition) is 1. The quantitative estimate of drug-likeness (QED) is 0.819. The largest absolute Gasteiger partial charge is 0.382 e. The maximum atomic E-state index is 10.1. The Hall–Kier alpha value is -2.12. The lowest BCUT2D eigenvalue weighted by atomic mass is 10.1. The Kier molecular flexibility index (Phi) is 2.71. The van der Waals surface area contributed by atoms with Gasteiger partial charge in [0.2, 0.25) is 0 Å². The third-order valence-electron chi connectivity index (χ3n) is 2.49. The van der Waals surface area contributed by atoms with Crippen LogP contribution in [0, 0.1) is 11.3 Å². The number of aliphatic hydroxyl groups excluding tert-OH is 1. The van der Waals surface area contributed by atoms with E-state index in [0.717, 1.165) is 11.3 Å². The van der Waals surface area contributed by atoms with Crippen LogP contribution in [-0.2, 0) is 7.05 Å². The van der Waals surface area contributed by atoms with Gasteiger partial charge < -0.3 is 5.11 Å². The van der Waals surface area contributed by atoms with E-state index in [9.17, 15) is 5.11 Å². The van der Waals surface area contributed by atoms with Crippen molar-refractivity contribution >= 4 is 0 Å². The second-order valence-corrected chi connectivity index (χ2v) is 3.52. The second-order valence-electron chi connectivity index (χ2n) is 3.52. The van der Waals surface area contributed by atoms with Crippen LogP contribution in [0.4, 0.5) is 0 Å². The first-order chi connectivity index (χ1) is 7.72. The zero-order valence-corrected chi connectivity index (χ0v) is 8.83. The van der Waals surface area contributed by atoms with E-state index >= 15 is 0 Å². The van der Waals surface area contributed by atoms with Crippen LogP contribution in [0.2, 0.25) is 0 Å². The summed E-state index contributed by atoms with van der Waals surface area (Å²) in [4.78, 5) is 0. The lowest BCUT2D eigenvalue weighted by molar-refractivity contribution is 0.210. The van der Waals surface area contributed by atoms with E-state index in [1.54, 1.807) is 48.3 Å². The van der Waals surface area contributed by atoms with Crippen molar-refractivity contribution in [3.63, 3.8) is 0 Å². The minimum Gasteiger partial charge on any atom is -0.382 e. The Morgan fingerprint density at radius 2 is 2.00 bits per heavy atom. The molecule has 0 bridgehead atoms. The first-order valence-corrected chi connectivity index (χ1v) is 4.88. The van der Waals surface area contributed by atoms with Gasteiger partial charge in [0.15, 0.2) is 0 Å². The summed E-state index contributed by atoms with van der Waals surface area (Å²) >= 11 is 0. The van der Waals surface area contributed by atoms with Crippen LogP contribution < -0.4 is 0 Å². The first kappa shape index (κ1) is 10.4. The Balaban J connectivity index is 2.31. The summed E-state index contributed by atoms with van der Waals surface area (Å²) in [5, 5.41) is 22.8. The highest BCUT2D eigenvalue weighted by atomic mass is 16.3. The fourth-order valence-electron chi connectivity index (χ4n) is 1.56. The fourth-order valence-corrected chi connectivity index (χ4v) is 1.56. The molecule has 2 aromatic rings. The molecule has 4 heteroatoms. The number of hydrogen-bond acceptors (Lipinski definition) is 3. The molecule has 0 aliphatic heterocycles. The molecule has 1 aromatic carbocycles. The summed E-state index contributed by atoms with van der Waals surface area (Å²) in [5.41, 5.74) is 2.06. The number of nitriles is 1. The molecule has 1 heterocycles. The van der Waals surface area contributed by atoms with Gasteiger partial charge in [-0.3, -0.25) is 4.68 Å². The molecule has 0 fully saturated rings. The Morgan fingerprint density at radius 3 is 2.50 bits per heavy atom. The molecule has 1 atom stereocenters. The van der Waals surface area contributed by atoms with Crippen molar-refractivity contribution in [2.75, 3.05) is 0 Å². The van der Waals surface area contributed by atoms with Gasteiger partial charge in [-0.1, -0.05) is 12.1 Å². The zero-order valence-electron chi connectivity index (χ0n) is 8.83. The van der Waals surface area contributed by atoms with Crippen molar-refractivity contribution in [3.05, 3.63) is 53.3 Å². The Labute approximate surface area is 93.4 Å². The van der Waals surface area contributed by atoms with Crippen LogP contribution in [0.5, 0.6) is 0 Å². The predicted octanol–water partition coefficient (Wildman–Crippen LogP) is 1.37. The molecule has 0 spiro atoms. The first-order valence-electron chi connectivity index (χ1n) is 4.88. The van der Waals surface area contributed by atoms with Crippen molar-refractivity contribution in [1.82, 2.24) is 9.78 Å². The minimum atomic E-state index is -0.708. The van der Waals surface area contributed by atoms with E-state index < -0.39 is 6.10 Å². The van der Waals surface area contributed by atoms with Crippen molar-refractivity contribution in [3.8, 4) is 6.07 Å². The Bertz CT molecular complexity index is 522. The average molecular weight is 213 g/mol. The number of nitrogens with zero attached hydrogens (tertiary/aromatic N) is 3. The van der Waals surface area contributed by atoms with Crippen molar-refractivity contribution in [2.45, 2.75) is 6.10 Å². The zero-order chi connectivity index (χ0) is 11.5. The molecule has 0 saturated heterocycles. The molecule has 1 N–H and O–H groups in total.